The number of esters is 1. The molecule has 0 saturated heterocycles. The summed E-state index contributed by atoms with van der Waals surface area (Å²) in [6.07, 6.45) is 6.25. The summed E-state index contributed by atoms with van der Waals surface area (Å²) in [4.78, 5) is 25.3. The summed E-state index contributed by atoms with van der Waals surface area (Å²) >= 11 is 0. The van der Waals surface area contributed by atoms with Crippen LogP contribution < -0.4 is 4.90 Å². The summed E-state index contributed by atoms with van der Waals surface area (Å²) in [5.41, 5.74) is 1.64. The lowest BCUT2D eigenvalue weighted by molar-refractivity contribution is -0.384. The van der Waals surface area contributed by atoms with Crippen molar-refractivity contribution in [1.82, 2.24) is 0 Å². The first-order valence-corrected chi connectivity index (χ1v) is 9.36. The molecule has 0 heterocycles. The second-order valence-corrected chi connectivity index (χ2v) is 7.60. The SMILES string of the molecule is CN(C)c1ccc(C2(OC(=O)c3ccc([N+](=O)[O-])cc3)C3C=CC2CC3)cc1. The summed E-state index contributed by atoms with van der Waals surface area (Å²) in [6, 6.07) is 13.7. The lowest BCUT2D eigenvalue weighted by atomic mass is 9.82. The van der Waals surface area contributed by atoms with Gasteiger partial charge in [-0.05, 0) is 42.7 Å². The number of fused-ring (bicyclic) bond motifs is 2. The first-order valence-electron chi connectivity index (χ1n) is 9.36. The number of anilines is 1. The molecule has 0 aliphatic heterocycles. The Morgan fingerprint density at radius 1 is 1.04 bits per heavy atom. The number of non-ortho nitro benzene ring substituents is 1. The van der Waals surface area contributed by atoms with Crippen LogP contribution in [0.2, 0.25) is 0 Å². The fourth-order valence-electron chi connectivity index (χ4n) is 4.40. The molecule has 1 saturated carbocycles. The van der Waals surface area contributed by atoms with Gasteiger partial charge in [0.2, 0.25) is 0 Å². The van der Waals surface area contributed by atoms with Crippen LogP contribution in [0.3, 0.4) is 0 Å². The quantitative estimate of drug-likeness (QED) is 0.335. The van der Waals surface area contributed by atoms with Crippen molar-refractivity contribution in [3.05, 3.63) is 81.9 Å². The van der Waals surface area contributed by atoms with E-state index in [1.165, 1.54) is 24.3 Å². The van der Waals surface area contributed by atoms with Gasteiger partial charge < -0.3 is 9.64 Å². The second-order valence-electron chi connectivity index (χ2n) is 7.60. The van der Waals surface area contributed by atoms with Gasteiger partial charge in [0.25, 0.3) is 5.69 Å². The van der Waals surface area contributed by atoms with Crippen LogP contribution in [0.25, 0.3) is 0 Å². The van der Waals surface area contributed by atoms with Gasteiger partial charge in [-0.1, -0.05) is 24.3 Å². The Balaban J connectivity index is 1.66. The van der Waals surface area contributed by atoms with Crippen LogP contribution in [-0.2, 0) is 10.3 Å². The third kappa shape index (κ3) is 2.85. The highest BCUT2D eigenvalue weighted by Gasteiger charge is 2.55. The van der Waals surface area contributed by atoms with Crippen LogP contribution >= 0.6 is 0 Å². The summed E-state index contributed by atoms with van der Waals surface area (Å²) in [6.45, 7) is 0. The molecule has 2 aromatic rings. The number of nitro groups is 1. The predicted octanol–water partition coefficient (Wildman–Crippen LogP) is 4.31. The number of hydrogen-bond acceptors (Lipinski definition) is 5. The molecule has 4 rings (SSSR count). The van der Waals surface area contributed by atoms with Gasteiger partial charge in [-0.15, -0.1) is 0 Å². The molecule has 0 amide bonds. The molecule has 0 radical (unpaired) electrons. The number of nitrogens with zero attached hydrogens (tertiary/aromatic N) is 2. The molecule has 2 aliphatic carbocycles. The van der Waals surface area contributed by atoms with Gasteiger partial charge in [-0.25, -0.2) is 4.79 Å². The monoisotopic (exact) mass is 378 g/mol. The van der Waals surface area contributed by atoms with Gasteiger partial charge in [-0.2, -0.15) is 0 Å². The summed E-state index contributed by atoms with van der Waals surface area (Å²) in [7, 11) is 3.97. The minimum Gasteiger partial charge on any atom is -0.449 e. The molecule has 0 spiro atoms. The van der Waals surface area contributed by atoms with Crippen molar-refractivity contribution < 1.29 is 14.5 Å². The molecule has 0 N–H and O–H groups in total. The van der Waals surface area contributed by atoms with Crippen LogP contribution in [-0.4, -0.2) is 25.0 Å². The molecule has 6 nitrogen and oxygen atoms in total. The first-order chi connectivity index (χ1) is 13.4. The molecule has 2 unspecified atom stereocenters. The highest BCUT2D eigenvalue weighted by Crippen LogP contribution is 2.56. The second kappa shape index (κ2) is 6.78. The average molecular weight is 378 g/mol. The lowest BCUT2D eigenvalue weighted by Crippen LogP contribution is -2.38. The van der Waals surface area contributed by atoms with Crippen molar-refractivity contribution in [3.63, 3.8) is 0 Å². The number of ether oxygens (including phenoxy) is 1. The largest absolute Gasteiger partial charge is 0.449 e. The average Bonchev–Trinajstić information content (AvgIpc) is 3.23. The molecule has 2 aliphatic rings. The standard InChI is InChI=1S/C22H22N2O4/c1-23(2)19-13-9-18(10-14-19)22(16-5-6-17(22)8-7-16)28-21(25)15-3-11-20(12-4-15)24(26)27/h3-6,9-14,16-17H,7-8H2,1-2H3. The van der Waals surface area contributed by atoms with E-state index in [2.05, 4.69) is 12.2 Å². The first kappa shape index (κ1) is 18.2. The molecule has 1 fully saturated rings. The van der Waals surface area contributed by atoms with E-state index in [-0.39, 0.29) is 17.5 Å². The van der Waals surface area contributed by atoms with Gasteiger partial charge in [0.15, 0.2) is 0 Å². The summed E-state index contributed by atoms with van der Waals surface area (Å²) in [5, 5.41) is 10.8. The van der Waals surface area contributed by atoms with Gasteiger partial charge in [0.05, 0.1) is 10.5 Å². The van der Waals surface area contributed by atoms with Crippen LogP contribution in [0.4, 0.5) is 11.4 Å². The van der Waals surface area contributed by atoms with E-state index < -0.39 is 16.5 Å². The third-order valence-corrected chi connectivity index (χ3v) is 5.88. The van der Waals surface area contributed by atoms with E-state index in [1.807, 2.05) is 43.3 Å². The fraction of sp³-hybridized carbons (Fsp3) is 0.318. The van der Waals surface area contributed by atoms with Crippen molar-refractivity contribution in [2.24, 2.45) is 11.8 Å². The van der Waals surface area contributed by atoms with E-state index in [4.69, 9.17) is 4.74 Å². The lowest BCUT2D eigenvalue weighted by Gasteiger charge is -2.35. The Morgan fingerprint density at radius 2 is 1.61 bits per heavy atom. The maximum absolute atomic E-state index is 12.9. The normalized spacial score (nSPS) is 24.9. The zero-order valence-corrected chi connectivity index (χ0v) is 15.9. The van der Waals surface area contributed by atoms with E-state index in [9.17, 15) is 14.9 Å². The minimum atomic E-state index is -0.705. The fourth-order valence-corrected chi connectivity index (χ4v) is 4.40. The number of carbonyl (C=O) groups is 1. The zero-order chi connectivity index (χ0) is 19.9. The van der Waals surface area contributed by atoms with Crippen molar-refractivity contribution >= 4 is 17.3 Å². The van der Waals surface area contributed by atoms with Crippen molar-refractivity contribution in [2.45, 2.75) is 18.4 Å². The molecule has 2 bridgehead atoms. The van der Waals surface area contributed by atoms with Gasteiger partial charge in [-0.3, -0.25) is 10.1 Å². The van der Waals surface area contributed by atoms with Crippen LogP contribution in [0, 0.1) is 22.0 Å². The number of nitro benzene ring substituents is 1. The van der Waals surface area contributed by atoms with Crippen molar-refractivity contribution in [1.29, 1.82) is 0 Å². The molecule has 28 heavy (non-hydrogen) atoms. The Labute approximate surface area is 163 Å². The smallest absolute Gasteiger partial charge is 0.339 e. The van der Waals surface area contributed by atoms with Crippen molar-refractivity contribution in [2.75, 3.05) is 19.0 Å². The minimum absolute atomic E-state index is 0.0480. The van der Waals surface area contributed by atoms with Gasteiger partial charge >= 0.3 is 5.97 Å². The van der Waals surface area contributed by atoms with Gasteiger partial charge in [0, 0.05) is 43.8 Å². The summed E-state index contributed by atoms with van der Waals surface area (Å²) < 4.78 is 6.17. The predicted molar refractivity (Wildman–Crippen MR) is 106 cm³/mol. The van der Waals surface area contributed by atoms with E-state index in [1.54, 1.807) is 0 Å². The molecule has 6 heteroatoms. The van der Waals surface area contributed by atoms with Crippen LogP contribution in [0.1, 0.15) is 28.8 Å². The molecule has 144 valence electrons. The number of carbonyl (C=O) groups excluding carboxylic acids is 1. The van der Waals surface area contributed by atoms with Crippen molar-refractivity contribution in [3.8, 4) is 0 Å². The maximum atomic E-state index is 12.9. The van der Waals surface area contributed by atoms with E-state index in [0.29, 0.717) is 5.56 Å². The van der Waals surface area contributed by atoms with Crippen LogP contribution in [0.15, 0.2) is 60.7 Å². The topological polar surface area (TPSA) is 72.7 Å². The Morgan fingerprint density at radius 3 is 2.07 bits per heavy atom. The third-order valence-electron chi connectivity index (χ3n) is 5.88. The molecule has 0 aromatic heterocycles. The zero-order valence-electron chi connectivity index (χ0n) is 15.9. The van der Waals surface area contributed by atoms with E-state index >= 15 is 0 Å². The number of benzene rings is 2. The highest BCUT2D eigenvalue weighted by atomic mass is 16.6. The summed E-state index contributed by atoms with van der Waals surface area (Å²) in [5.74, 6) is -0.165. The maximum Gasteiger partial charge on any atom is 0.339 e. The molecular weight excluding hydrogens is 356 g/mol. The Kier molecular flexibility index (Phi) is 4.41. The molecular formula is C22H22N2O4. The molecule has 2 atom stereocenters. The number of hydrogen-bond donors (Lipinski definition) is 0. The number of rotatable bonds is 5. The Hall–Kier alpha value is -3.15. The molecule has 2 aromatic carbocycles. The highest BCUT2D eigenvalue weighted by molar-refractivity contribution is 5.90. The Bertz CT molecular complexity index is 918. The van der Waals surface area contributed by atoms with Crippen LogP contribution in [0.5, 0.6) is 0 Å². The van der Waals surface area contributed by atoms with E-state index in [0.717, 1.165) is 24.1 Å². The van der Waals surface area contributed by atoms with Gasteiger partial charge in [0.1, 0.15) is 5.60 Å².